The van der Waals surface area contributed by atoms with Gasteiger partial charge in [-0.05, 0) is 18.8 Å². The Morgan fingerprint density at radius 2 is 2.14 bits per heavy atom. The average Bonchev–Trinajstić information content (AvgIpc) is 2.54. The van der Waals surface area contributed by atoms with Gasteiger partial charge in [0, 0.05) is 18.0 Å². The van der Waals surface area contributed by atoms with Crippen molar-refractivity contribution < 1.29 is 9.90 Å². The van der Waals surface area contributed by atoms with Gasteiger partial charge in [0.05, 0.1) is 6.04 Å². The summed E-state index contributed by atoms with van der Waals surface area (Å²) < 4.78 is 0. The van der Waals surface area contributed by atoms with E-state index in [0.29, 0.717) is 12.0 Å². The summed E-state index contributed by atoms with van der Waals surface area (Å²) in [6.07, 6.45) is 2.53. The van der Waals surface area contributed by atoms with E-state index in [-0.39, 0.29) is 23.8 Å². The smallest absolute Gasteiger partial charge is 0.178 e. The highest BCUT2D eigenvalue weighted by Gasteiger charge is 2.61. The van der Waals surface area contributed by atoms with E-state index < -0.39 is 6.10 Å². The number of aliphatic hydroxyl groups excluding tert-OH is 1. The molecular weight excluding hydrogens is 180 g/mol. The number of rotatable bonds is 0. The van der Waals surface area contributed by atoms with Crippen molar-refractivity contribution in [3.05, 3.63) is 0 Å². The van der Waals surface area contributed by atoms with Crippen LogP contribution in [0.4, 0.5) is 0 Å². The highest BCUT2D eigenvalue weighted by molar-refractivity contribution is 5.96. The molecule has 1 heterocycles. The molecule has 1 aliphatic heterocycles. The van der Waals surface area contributed by atoms with Crippen LogP contribution in [0, 0.1) is 11.8 Å². The molecule has 3 rings (SSSR count). The molecule has 0 aromatic rings. The zero-order chi connectivity index (χ0) is 9.87. The van der Waals surface area contributed by atoms with Crippen LogP contribution in [-0.4, -0.2) is 35.1 Å². The van der Waals surface area contributed by atoms with Crippen molar-refractivity contribution in [1.82, 2.24) is 5.32 Å². The summed E-state index contributed by atoms with van der Waals surface area (Å²) in [5, 5.41) is 12.9. The maximum Gasteiger partial charge on any atom is 0.178 e. The van der Waals surface area contributed by atoms with E-state index in [4.69, 9.17) is 5.73 Å². The van der Waals surface area contributed by atoms with Crippen LogP contribution in [0.5, 0.6) is 0 Å². The molecule has 3 fully saturated rings. The third-order valence-corrected chi connectivity index (χ3v) is 4.20. The van der Waals surface area contributed by atoms with Crippen LogP contribution < -0.4 is 11.1 Å². The molecule has 0 spiro atoms. The fraction of sp³-hybridized carbons (Fsp3) is 0.900. The largest absolute Gasteiger partial charge is 0.385 e. The number of hydrogen-bond acceptors (Lipinski definition) is 4. The van der Waals surface area contributed by atoms with Gasteiger partial charge in [0.25, 0.3) is 0 Å². The van der Waals surface area contributed by atoms with E-state index in [1.165, 1.54) is 0 Å². The fourth-order valence-corrected chi connectivity index (χ4v) is 3.49. The van der Waals surface area contributed by atoms with Crippen molar-refractivity contribution in [2.75, 3.05) is 0 Å². The van der Waals surface area contributed by atoms with Crippen molar-refractivity contribution in [2.24, 2.45) is 17.6 Å². The lowest BCUT2D eigenvalue weighted by molar-refractivity contribution is -0.146. The highest BCUT2D eigenvalue weighted by Crippen LogP contribution is 2.44. The lowest BCUT2D eigenvalue weighted by Crippen LogP contribution is -2.60. The summed E-state index contributed by atoms with van der Waals surface area (Å²) in [7, 11) is 0. The molecule has 78 valence electrons. The number of nitrogens with one attached hydrogen (secondary N) is 1. The van der Waals surface area contributed by atoms with Gasteiger partial charge < -0.3 is 16.2 Å². The normalized spacial score (nSPS) is 56.3. The molecular formula is C10H16N2O2. The molecule has 2 aliphatic carbocycles. The molecule has 6 atom stereocenters. The maximum atomic E-state index is 11.3. The minimum absolute atomic E-state index is 0.0309. The van der Waals surface area contributed by atoms with Crippen LogP contribution in [0.2, 0.25) is 0 Å². The summed E-state index contributed by atoms with van der Waals surface area (Å²) in [5.41, 5.74) is 6.05. The number of Topliss-reactive ketones (excluding diaryl/α,β-unsaturated/α-hetero) is 1. The number of carbonyl (C=O) groups excluding carboxylic acids is 1. The molecule has 4 nitrogen and oxygen atoms in total. The van der Waals surface area contributed by atoms with E-state index >= 15 is 0 Å². The first-order valence-electron chi connectivity index (χ1n) is 5.43. The van der Waals surface area contributed by atoms with Gasteiger partial charge in [-0.3, -0.25) is 4.79 Å². The highest BCUT2D eigenvalue weighted by atomic mass is 16.3. The Labute approximate surface area is 82.9 Å². The van der Waals surface area contributed by atoms with Crippen LogP contribution in [0.1, 0.15) is 19.3 Å². The van der Waals surface area contributed by atoms with Crippen molar-refractivity contribution in [3.8, 4) is 0 Å². The second-order valence-corrected chi connectivity index (χ2v) is 4.85. The van der Waals surface area contributed by atoms with Crippen molar-refractivity contribution in [3.63, 3.8) is 0 Å². The molecule has 4 N–H and O–H groups in total. The van der Waals surface area contributed by atoms with Crippen LogP contribution in [0.3, 0.4) is 0 Å². The van der Waals surface area contributed by atoms with Gasteiger partial charge in [0.15, 0.2) is 5.78 Å². The van der Waals surface area contributed by atoms with Gasteiger partial charge in [-0.15, -0.1) is 0 Å². The lowest BCUT2D eigenvalue weighted by Gasteiger charge is -2.40. The van der Waals surface area contributed by atoms with Crippen LogP contribution in [0.25, 0.3) is 0 Å². The minimum Gasteiger partial charge on any atom is -0.385 e. The summed E-state index contributed by atoms with van der Waals surface area (Å²) in [5.74, 6) is 0.390. The Kier molecular flexibility index (Phi) is 1.75. The van der Waals surface area contributed by atoms with Gasteiger partial charge in [-0.2, -0.15) is 0 Å². The molecule has 14 heavy (non-hydrogen) atoms. The van der Waals surface area contributed by atoms with Crippen molar-refractivity contribution in [1.29, 1.82) is 0 Å². The summed E-state index contributed by atoms with van der Waals surface area (Å²) in [4.78, 5) is 11.3. The average molecular weight is 196 g/mol. The van der Waals surface area contributed by atoms with Crippen molar-refractivity contribution in [2.45, 2.75) is 43.5 Å². The van der Waals surface area contributed by atoms with E-state index in [2.05, 4.69) is 5.32 Å². The SMILES string of the molecule is NC1CCCC2NC3C(=O)C(O)C3C12. The zero-order valence-electron chi connectivity index (χ0n) is 8.02. The standard InChI is InChI=1S/C10H16N2O2/c11-4-2-1-3-5-6(4)7-8(12-5)10(14)9(7)13/h4-9,12-13H,1-3,11H2. The third-order valence-electron chi connectivity index (χ3n) is 4.20. The number of fused-ring (bicyclic) bond motifs is 3. The Balaban J connectivity index is 1.86. The van der Waals surface area contributed by atoms with Gasteiger partial charge in [-0.25, -0.2) is 0 Å². The maximum absolute atomic E-state index is 11.3. The number of hydrogen-bond donors (Lipinski definition) is 3. The van der Waals surface area contributed by atoms with Crippen molar-refractivity contribution >= 4 is 5.78 Å². The zero-order valence-corrected chi connectivity index (χ0v) is 8.02. The molecule has 0 aromatic carbocycles. The van der Waals surface area contributed by atoms with Gasteiger partial charge >= 0.3 is 0 Å². The van der Waals surface area contributed by atoms with E-state index in [0.717, 1.165) is 19.3 Å². The molecule has 0 amide bonds. The summed E-state index contributed by atoms with van der Waals surface area (Å²) in [6.45, 7) is 0. The predicted octanol–water partition coefficient (Wildman–Crippen LogP) is -0.986. The molecule has 1 saturated heterocycles. The second-order valence-electron chi connectivity index (χ2n) is 4.85. The van der Waals surface area contributed by atoms with E-state index in [1.54, 1.807) is 0 Å². The monoisotopic (exact) mass is 196 g/mol. The predicted molar refractivity (Wildman–Crippen MR) is 50.5 cm³/mol. The molecule has 0 bridgehead atoms. The Bertz CT molecular complexity index is 281. The Morgan fingerprint density at radius 1 is 1.36 bits per heavy atom. The summed E-state index contributed by atoms with van der Waals surface area (Å²) in [6, 6.07) is 0.443. The fourth-order valence-electron chi connectivity index (χ4n) is 3.49. The quantitative estimate of drug-likeness (QED) is 0.465. The lowest BCUT2D eigenvalue weighted by atomic mass is 9.65. The molecule has 2 saturated carbocycles. The third kappa shape index (κ3) is 0.912. The van der Waals surface area contributed by atoms with E-state index in [1.807, 2.05) is 0 Å². The van der Waals surface area contributed by atoms with Gasteiger partial charge in [0.2, 0.25) is 0 Å². The summed E-state index contributed by atoms with van der Waals surface area (Å²) >= 11 is 0. The van der Waals surface area contributed by atoms with Gasteiger partial charge in [-0.1, -0.05) is 6.42 Å². The molecule has 0 aromatic heterocycles. The first-order valence-corrected chi connectivity index (χ1v) is 5.43. The number of carbonyl (C=O) groups is 1. The topological polar surface area (TPSA) is 75.3 Å². The number of aliphatic hydroxyl groups is 1. The molecule has 4 heteroatoms. The molecule has 0 radical (unpaired) electrons. The molecule has 6 unspecified atom stereocenters. The minimum atomic E-state index is -0.744. The number of ketones is 1. The Hall–Kier alpha value is -0.450. The Morgan fingerprint density at radius 3 is 2.93 bits per heavy atom. The van der Waals surface area contributed by atoms with Gasteiger partial charge in [0.1, 0.15) is 6.10 Å². The van der Waals surface area contributed by atoms with Crippen LogP contribution >= 0.6 is 0 Å². The first kappa shape index (κ1) is 8.83. The van der Waals surface area contributed by atoms with E-state index in [9.17, 15) is 9.90 Å². The van der Waals surface area contributed by atoms with Crippen LogP contribution in [-0.2, 0) is 4.79 Å². The first-order chi connectivity index (χ1) is 6.70. The number of nitrogens with two attached hydrogens (primary N) is 1. The molecule has 3 aliphatic rings. The van der Waals surface area contributed by atoms with Crippen LogP contribution in [0.15, 0.2) is 0 Å². The second kappa shape index (κ2) is 2.78.